The Morgan fingerprint density at radius 3 is 1.62 bits per heavy atom. The van der Waals surface area contributed by atoms with Gasteiger partial charge in [0.05, 0.1) is 0 Å². The predicted molar refractivity (Wildman–Crippen MR) is 121 cm³/mol. The van der Waals surface area contributed by atoms with Gasteiger partial charge in [-0.1, -0.05) is 36.4 Å². The van der Waals surface area contributed by atoms with Crippen molar-refractivity contribution in [2.75, 3.05) is 0 Å². The van der Waals surface area contributed by atoms with Crippen LogP contribution < -0.4 is 0 Å². The average molecular weight is 383 g/mol. The number of carbonyl (C=O) groups is 1. The Bertz CT molecular complexity index is 1080. The smallest absolute Gasteiger partial charge is 0.168 e. The first-order valence-corrected chi connectivity index (χ1v) is 10.9. The van der Waals surface area contributed by atoms with Crippen molar-refractivity contribution >= 4 is 16.9 Å². The summed E-state index contributed by atoms with van der Waals surface area (Å²) in [5.74, 6) is 1.79. The predicted octanol–water partition coefficient (Wildman–Crippen LogP) is 6.47. The quantitative estimate of drug-likeness (QED) is 0.544. The third-order valence-corrected chi connectivity index (χ3v) is 8.06. The largest absolute Gasteiger partial charge is 0.294 e. The second kappa shape index (κ2) is 6.29. The second-order valence-electron chi connectivity index (χ2n) is 9.62. The number of aryl methyl sites for hydroxylation is 4. The van der Waals surface area contributed by atoms with Crippen LogP contribution in [0.3, 0.4) is 0 Å². The number of Topliss-reactive ketones (excluding diaryl/α,β-unsaturated/α-hetero) is 1. The Labute approximate surface area is 174 Å². The van der Waals surface area contributed by atoms with Gasteiger partial charge in [-0.15, -0.1) is 0 Å². The maximum Gasteiger partial charge on any atom is 0.168 e. The molecule has 3 aliphatic carbocycles. The van der Waals surface area contributed by atoms with Crippen molar-refractivity contribution in [3.05, 3.63) is 80.9 Å². The van der Waals surface area contributed by atoms with Crippen LogP contribution in [-0.4, -0.2) is 5.78 Å². The van der Waals surface area contributed by atoms with Gasteiger partial charge in [0, 0.05) is 17.4 Å². The highest BCUT2D eigenvalue weighted by Gasteiger charge is 2.55. The van der Waals surface area contributed by atoms with Crippen LogP contribution in [0.5, 0.6) is 0 Å². The van der Waals surface area contributed by atoms with E-state index < -0.39 is 0 Å². The Morgan fingerprint density at radius 2 is 1.10 bits per heavy atom. The van der Waals surface area contributed by atoms with Crippen LogP contribution in [0.1, 0.15) is 50.9 Å². The van der Waals surface area contributed by atoms with Gasteiger partial charge in [-0.25, -0.2) is 0 Å². The van der Waals surface area contributed by atoms with Gasteiger partial charge in [0.2, 0.25) is 0 Å². The summed E-state index contributed by atoms with van der Waals surface area (Å²) in [7, 11) is 0. The Balaban J connectivity index is 1.79. The minimum Gasteiger partial charge on any atom is -0.294 e. The first-order chi connectivity index (χ1) is 13.8. The molecule has 0 aliphatic heterocycles. The first kappa shape index (κ1) is 18.6. The van der Waals surface area contributed by atoms with Crippen molar-refractivity contribution in [3.8, 4) is 0 Å². The fraction of sp³-hybridized carbons (Fsp3) is 0.393. The second-order valence-corrected chi connectivity index (χ2v) is 9.62. The van der Waals surface area contributed by atoms with E-state index in [0.29, 0.717) is 23.5 Å². The molecule has 0 aromatic heterocycles. The van der Waals surface area contributed by atoms with Gasteiger partial charge in [-0.2, -0.15) is 0 Å². The molecule has 148 valence electrons. The number of hydrogen-bond acceptors (Lipinski definition) is 1. The molecule has 1 nitrogen and oxygen atoms in total. The number of allylic oxidation sites excluding steroid dienone is 4. The fourth-order valence-electron chi connectivity index (χ4n) is 6.05. The molecule has 0 N–H and O–H groups in total. The number of carbonyl (C=O) groups excluding carboxylic acids is 1. The molecule has 4 atom stereocenters. The number of fused-ring (bicyclic) bond motifs is 5. The molecule has 3 aliphatic rings. The highest BCUT2D eigenvalue weighted by atomic mass is 16.1. The maximum atomic E-state index is 13.8. The van der Waals surface area contributed by atoms with Gasteiger partial charge in [0.15, 0.2) is 5.78 Å². The SMILES string of the molecule is Cc1cc(C2=C(c3cc(C)c(C)c(C)c3)[C@@H]3[C@H](C2=O)[C@H]2C=C[C@@H]3C2)cc(C)c1C. The molecule has 0 spiro atoms. The number of ketones is 1. The van der Waals surface area contributed by atoms with E-state index >= 15 is 0 Å². The van der Waals surface area contributed by atoms with Crippen molar-refractivity contribution in [1.29, 1.82) is 0 Å². The lowest BCUT2D eigenvalue weighted by molar-refractivity contribution is -0.117. The van der Waals surface area contributed by atoms with E-state index in [4.69, 9.17) is 0 Å². The molecule has 29 heavy (non-hydrogen) atoms. The van der Waals surface area contributed by atoms with Crippen LogP contribution >= 0.6 is 0 Å². The van der Waals surface area contributed by atoms with Gasteiger partial charge in [-0.3, -0.25) is 4.79 Å². The minimum absolute atomic E-state index is 0.138. The van der Waals surface area contributed by atoms with E-state index in [1.165, 1.54) is 44.5 Å². The summed E-state index contributed by atoms with van der Waals surface area (Å²) in [4.78, 5) is 13.8. The minimum atomic E-state index is 0.138. The van der Waals surface area contributed by atoms with Crippen LogP contribution in [0.2, 0.25) is 0 Å². The van der Waals surface area contributed by atoms with Gasteiger partial charge < -0.3 is 0 Å². The van der Waals surface area contributed by atoms with Gasteiger partial charge in [0.1, 0.15) is 0 Å². The Hall–Kier alpha value is -2.41. The van der Waals surface area contributed by atoms with E-state index in [1.807, 2.05) is 0 Å². The number of hydrogen-bond donors (Lipinski definition) is 0. The van der Waals surface area contributed by atoms with Crippen molar-refractivity contribution in [1.82, 2.24) is 0 Å². The monoisotopic (exact) mass is 382 g/mol. The lowest BCUT2D eigenvalue weighted by Gasteiger charge is -2.23. The van der Waals surface area contributed by atoms with Crippen LogP contribution in [0.15, 0.2) is 36.4 Å². The first-order valence-electron chi connectivity index (χ1n) is 10.9. The molecule has 1 heteroatoms. The molecule has 2 aromatic carbocycles. The third-order valence-electron chi connectivity index (χ3n) is 8.06. The average Bonchev–Trinajstić information content (AvgIpc) is 3.35. The zero-order valence-electron chi connectivity index (χ0n) is 18.4. The van der Waals surface area contributed by atoms with E-state index in [9.17, 15) is 4.79 Å². The molecule has 5 rings (SSSR count). The van der Waals surface area contributed by atoms with Crippen molar-refractivity contribution in [2.45, 2.75) is 48.0 Å². The molecular weight excluding hydrogens is 352 g/mol. The molecule has 0 amide bonds. The lowest BCUT2D eigenvalue weighted by Crippen LogP contribution is -2.22. The zero-order chi connectivity index (χ0) is 20.6. The molecular formula is C28H30O. The van der Waals surface area contributed by atoms with Gasteiger partial charge in [-0.05, 0) is 110 Å². The number of benzene rings is 2. The molecule has 2 aromatic rings. The summed E-state index contributed by atoms with van der Waals surface area (Å²) in [5.41, 5.74) is 12.5. The van der Waals surface area contributed by atoms with Crippen LogP contribution in [-0.2, 0) is 4.79 Å². The van der Waals surface area contributed by atoms with Gasteiger partial charge in [0.25, 0.3) is 0 Å². The normalized spacial score (nSPS) is 27.3. The van der Waals surface area contributed by atoms with E-state index in [1.54, 1.807) is 0 Å². The molecule has 1 fully saturated rings. The Morgan fingerprint density at radius 1 is 0.655 bits per heavy atom. The summed E-state index contributed by atoms with van der Waals surface area (Å²) in [6.45, 7) is 13.1. The highest BCUT2D eigenvalue weighted by molar-refractivity contribution is 6.33. The molecule has 0 heterocycles. The summed E-state index contributed by atoms with van der Waals surface area (Å²) in [5, 5.41) is 0. The summed E-state index contributed by atoms with van der Waals surface area (Å²) >= 11 is 0. The Kier molecular flexibility index (Phi) is 4.04. The lowest BCUT2D eigenvalue weighted by atomic mass is 9.79. The maximum absolute atomic E-state index is 13.8. The summed E-state index contributed by atoms with van der Waals surface area (Å²) < 4.78 is 0. The topological polar surface area (TPSA) is 17.1 Å². The molecule has 0 radical (unpaired) electrons. The van der Waals surface area contributed by atoms with Gasteiger partial charge >= 0.3 is 0 Å². The van der Waals surface area contributed by atoms with Crippen LogP contribution in [0, 0.1) is 65.2 Å². The van der Waals surface area contributed by atoms with Crippen molar-refractivity contribution < 1.29 is 4.79 Å². The van der Waals surface area contributed by atoms with Crippen molar-refractivity contribution in [3.63, 3.8) is 0 Å². The van der Waals surface area contributed by atoms with Crippen LogP contribution in [0.4, 0.5) is 0 Å². The third kappa shape index (κ3) is 2.56. The summed E-state index contributed by atoms with van der Waals surface area (Å²) in [6.07, 6.45) is 5.83. The summed E-state index contributed by atoms with van der Waals surface area (Å²) in [6, 6.07) is 9.10. The molecule has 0 unspecified atom stereocenters. The number of rotatable bonds is 2. The van der Waals surface area contributed by atoms with Crippen molar-refractivity contribution in [2.24, 2.45) is 23.7 Å². The standard InChI is InChI=1S/C28H30O/c1-14-9-22(10-15(2)18(14)5)25-24-20-7-8-21(13-20)26(24)28(29)27(25)23-11-16(3)19(6)17(4)12-23/h7-12,20-21,24,26H,13H2,1-6H3/t20-,21+,24-,26-/m1/s1. The molecule has 1 saturated carbocycles. The molecule has 2 bridgehead atoms. The van der Waals surface area contributed by atoms with E-state index in [0.717, 1.165) is 17.6 Å². The van der Waals surface area contributed by atoms with Crippen LogP contribution in [0.25, 0.3) is 11.1 Å². The zero-order valence-corrected chi connectivity index (χ0v) is 18.4. The highest BCUT2D eigenvalue weighted by Crippen LogP contribution is 2.60. The van der Waals surface area contributed by atoms with E-state index in [-0.39, 0.29) is 5.92 Å². The fourth-order valence-corrected chi connectivity index (χ4v) is 6.05. The van der Waals surface area contributed by atoms with E-state index in [2.05, 4.69) is 78.0 Å². The molecule has 0 saturated heterocycles.